The van der Waals surface area contributed by atoms with Crippen molar-refractivity contribution < 1.29 is 4.79 Å². The highest BCUT2D eigenvalue weighted by Gasteiger charge is 2.51. The first kappa shape index (κ1) is 23.3. The van der Waals surface area contributed by atoms with Gasteiger partial charge in [-0.25, -0.2) is 0 Å². The van der Waals surface area contributed by atoms with E-state index in [4.69, 9.17) is 0 Å². The summed E-state index contributed by atoms with van der Waals surface area (Å²) in [5, 5.41) is 3.47. The van der Waals surface area contributed by atoms with Crippen LogP contribution in [0.25, 0.3) is 0 Å². The molecule has 4 bridgehead atoms. The number of nitrogens with one attached hydrogen (secondary N) is 1. The van der Waals surface area contributed by atoms with Crippen molar-refractivity contribution in [2.24, 2.45) is 23.2 Å². The molecule has 0 atom stereocenters. The molecule has 0 unspecified atom stereocenters. The molecule has 186 valence electrons. The molecule has 2 aromatic rings. The number of piperidine rings is 1. The van der Waals surface area contributed by atoms with Gasteiger partial charge >= 0.3 is 0 Å². The third-order valence-corrected chi connectivity index (χ3v) is 9.79. The molecule has 0 spiro atoms. The first-order chi connectivity index (χ1) is 17.1. The first-order valence-corrected chi connectivity index (χ1v) is 14.3. The average Bonchev–Trinajstić information content (AvgIpc) is 2.85. The van der Waals surface area contributed by atoms with Crippen molar-refractivity contribution in [1.29, 1.82) is 0 Å². The van der Waals surface area contributed by atoms with Crippen LogP contribution in [-0.4, -0.2) is 36.5 Å². The number of nitrogens with zero attached hydrogens (tertiary/aromatic N) is 1. The SMILES string of the molecule is O=C(CC12CC3CC(CC(C3)C1)C2)NC1CCN(CCC(c2ccccc2)c2ccccc2)CC1. The molecule has 35 heavy (non-hydrogen) atoms. The summed E-state index contributed by atoms with van der Waals surface area (Å²) in [5.41, 5.74) is 3.17. The molecule has 2 aromatic carbocycles. The molecule has 0 radical (unpaired) electrons. The number of hydrogen-bond donors (Lipinski definition) is 1. The normalized spacial score (nSPS) is 30.6. The Morgan fingerprint density at radius 1 is 0.829 bits per heavy atom. The number of benzene rings is 2. The van der Waals surface area contributed by atoms with E-state index in [-0.39, 0.29) is 0 Å². The molecule has 1 amide bonds. The summed E-state index contributed by atoms with van der Waals surface area (Å²) in [6.45, 7) is 3.31. The van der Waals surface area contributed by atoms with Gasteiger partial charge in [0, 0.05) is 31.5 Å². The van der Waals surface area contributed by atoms with Crippen molar-refractivity contribution in [3.05, 3.63) is 71.8 Å². The second kappa shape index (κ2) is 10.1. The Hall–Kier alpha value is -2.13. The number of amides is 1. The summed E-state index contributed by atoms with van der Waals surface area (Å²) in [5.74, 6) is 3.56. The number of rotatable bonds is 8. The van der Waals surface area contributed by atoms with Crippen LogP contribution < -0.4 is 5.32 Å². The zero-order valence-corrected chi connectivity index (χ0v) is 21.2. The van der Waals surface area contributed by atoms with E-state index in [0.29, 0.717) is 23.3 Å². The minimum absolute atomic E-state index is 0.346. The van der Waals surface area contributed by atoms with Crippen LogP contribution >= 0.6 is 0 Å². The first-order valence-electron chi connectivity index (χ1n) is 14.3. The maximum atomic E-state index is 13.1. The van der Waals surface area contributed by atoms with Gasteiger partial charge in [-0.3, -0.25) is 4.79 Å². The predicted molar refractivity (Wildman–Crippen MR) is 142 cm³/mol. The van der Waals surface area contributed by atoms with E-state index in [1.54, 1.807) is 0 Å². The molecule has 3 heteroatoms. The summed E-state index contributed by atoms with van der Waals surface area (Å²) >= 11 is 0. The van der Waals surface area contributed by atoms with Crippen LogP contribution in [0.5, 0.6) is 0 Å². The Balaban J connectivity index is 0.986. The number of carbonyl (C=O) groups is 1. The summed E-state index contributed by atoms with van der Waals surface area (Å²) in [4.78, 5) is 15.7. The third-order valence-electron chi connectivity index (χ3n) is 9.79. The topological polar surface area (TPSA) is 32.3 Å². The minimum atomic E-state index is 0.346. The zero-order chi connectivity index (χ0) is 23.7. The lowest BCUT2D eigenvalue weighted by Crippen LogP contribution is -2.50. The van der Waals surface area contributed by atoms with Gasteiger partial charge in [0.05, 0.1) is 0 Å². The van der Waals surface area contributed by atoms with Crippen LogP contribution in [-0.2, 0) is 4.79 Å². The van der Waals surface area contributed by atoms with Crippen molar-refractivity contribution >= 4 is 5.91 Å². The molecule has 5 fully saturated rings. The molecule has 1 aliphatic heterocycles. The predicted octanol–water partition coefficient (Wildman–Crippen LogP) is 6.40. The molecule has 4 aliphatic carbocycles. The molecule has 0 aromatic heterocycles. The lowest BCUT2D eigenvalue weighted by atomic mass is 9.49. The van der Waals surface area contributed by atoms with E-state index in [1.165, 1.54) is 49.7 Å². The monoisotopic (exact) mass is 470 g/mol. The highest BCUT2D eigenvalue weighted by Crippen LogP contribution is 2.61. The van der Waals surface area contributed by atoms with Crippen molar-refractivity contribution in [1.82, 2.24) is 10.2 Å². The molecule has 1 N–H and O–H groups in total. The van der Waals surface area contributed by atoms with Gasteiger partial charge in [-0.05, 0) is 98.6 Å². The Bertz CT molecular complexity index is 904. The van der Waals surface area contributed by atoms with E-state index in [9.17, 15) is 4.79 Å². The van der Waals surface area contributed by atoms with Crippen LogP contribution in [0.4, 0.5) is 0 Å². The number of carbonyl (C=O) groups excluding carboxylic acids is 1. The van der Waals surface area contributed by atoms with Gasteiger partial charge in [-0.2, -0.15) is 0 Å². The fourth-order valence-electron chi connectivity index (χ4n) is 8.63. The van der Waals surface area contributed by atoms with Crippen LogP contribution in [0, 0.1) is 23.2 Å². The molecular formula is C32H42N2O. The minimum Gasteiger partial charge on any atom is -0.353 e. The van der Waals surface area contributed by atoms with Crippen LogP contribution in [0.3, 0.4) is 0 Å². The second-order valence-electron chi connectivity index (χ2n) is 12.4. The smallest absolute Gasteiger partial charge is 0.220 e. The van der Waals surface area contributed by atoms with Gasteiger partial charge in [-0.1, -0.05) is 60.7 Å². The van der Waals surface area contributed by atoms with Crippen LogP contribution in [0.1, 0.15) is 81.3 Å². The molecule has 1 heterocycles. The molecule has 1 saturated heterocycles. The van der Waals surface area contributed by atoms with Gasteiger partial charge in [0.1, 0.15) is 0 Å². The summed E-state index contributed by atoms with van der Waals surface area (Å²) in [6.07, 6.45) is 12.5. The van der Waals surface area contributed by atoms with Crippen molar-refractivity contribution in [3.63, 3.8) is 0 Å². The number of hydrogen-bond acceptors (Lipinski definition) is 2. The van der Waals surface area contributed by atoms with E-state index in [1.807, 2.05) is 0 Å². The zero-order valence-electron chi connectivity index (χ0n) is 21.2. The second-order valence-corrected chi connectivity index (χ2v) is 12.4. The molecule has 5 aliphatic rings. The highest BCUT2D eigenvalue weighted by molar-refractivity contribution is 5.77. The van der Waals surface area contributed by atoms with Crippen LogP contribution in [0.15, 0.2) is 60.7 Å². The van der Waals surface area contributed by atoms with Gasteiger partial charge in [-0.15, -0.1) is 0 Å². The van der Waals surface area contributed by atoms with Crippen molar-refractivity contribution in [2.45, 2.75) is 76.2 Å². The Morgan fingerprint density at radius 2 is 1.34 bits per heavy atom. The summed E-state index contributed by atoms with van der Waals surface area (Å²) in [7, 11) is 0. The van der Waals surface area contributed by atoms with Gasteiger partial charge in [0.25, 0.3) is 0 Å². The van der Waals surface area contributed by atoms with Crippen molar-refractivity contribution in [2.75, 3.05) is 19.6 Å². The molecule has 3 nitrogen and oxygen atoms in total. The number of likely N-dealkylation sites (tertiary alicyclic amines) is 1. The third kappa shape index (κ3) is 5.35. The lowest BCUT2D eigenvalue weighted by molar-refractivity contribution is -0.130. The molecule has 4 saturated carbocycles. The maximum absolute atomic E-state index is 13.1. The average molecular weight is 471 g/mol. The van der Waals surface area contributed by atoms with E-state index in [0.717, 1.165) is 63.1 Å². The summed E-state index contributed by atoms with van der Waals surface area (Å²) in [6, 6.07) is 22.3. The van der Waals surface area contributed by atoms with Crippen molar-refractivity contribution in [3.8, 4) is 0 Å². The standard InChI is InChI=1S/C32H42N2O/c35-31(23-32-20-24-17-25(21-32)19-26(18-24)22-32)33-29-11-14-34(15-12-29)16-13-30(27-7-3-1-4-8-27)28-9-5-2-6-10-28/h1-10,24-26,29-30H,11-23H2,(H,33,35). The van der Waals surface area contributed by atoms with Gasteiger partial charge in [0.2, 0.25) is 5.91 Å². The van der Waals surface area contributed by atoms with Crippen LogP contribution in [0.2, 0.25) is 0 Å². The van der Waals surface area contributed by atoms with Gasteiger partial charge in [0.15, 0.2) is 0 Å². The fraction of sp³-hybridized carbons (Fsp3) is 0.594. The quantitative estimate of drug-likeness (QED) is 0.484. The lowest BCUT2D eigenvalue weighted by Gasteiger charge is -2.56. The largest absolute Gasteiger partial charge is 0.353 e. The highest BCUT2D eigenvalue weighted by atomic mass is 16.1. The van der Waals surface area contributed by atoms with E-state index < -0.39 is 0 Å². The van der Waals surface area contributed by atoms with Gasteiger partial charge < -0.3 is 10.2 Å². The Kier molecular flexibility index (Phi) is 6.71. The Morgan fingerprint density at radius 3 is 1.86 bits per heavy atom. The molecular weight excluding hydrogens is 428 g/mol. The van der Waals surface area contributed by atoms with E-state index >= 15 is 0 Å². The summed E-state index contributed by atoms with van der Waals surface area (Å²) < 4.78 is 0. The van der Waals surface area contributed by atoms with E-state index in [2.05, 4.69) is 70.9 Å². The fourth-order valence-corrected chi connectivity index (χ4v) is 8.63. The maximum Gasteiger partial charge on any atom is 0.220 e. The molecule has 7 rings (SSSR count). The Labute approximate surface area is 211 Å².